The van der Waals surface area contributed by atoms with Crippen molar-refractivity contribution in [3.63, 3.8) is 0 Å². The van der Waals surface area contributed by atoms with Gasteiger partial charge in [0.1, 0.15) is 42.0 Å². The van der Waals surface area contributed by atoms with Gasteiger partial charge >= 0.3 is 11.9 Å². The smallest absolute Gasteiger partial charge is 0.328 e. The maximum Gasteiger partial charge on any atom is 0.328 e. The molecule has 2 rings (SSSR count). The Morgan fingerprint density at radius 3 is 1.30 bits per heavy atom. The maximum absolute atomic E-state index is 13.4. The molecule has 0 fully saturated rings. The Bertz CT molecular complexity index is 1930. The number of amides is 6. The Hall–Kier alpha value is -6.09. The standard InChI is InChI=1S/C49H77N7O14/c1-13-28(7)40(44(61)53-38(26(3)4)48(65)67-11)55-46(63)42(30(9)57)51-35(59)17-15-23-69-33-21-19-32-20-22-37(50-34(32)25-33)70-24-16-18-36(60)52-43(31(10)58)47(64)56-41(29(8)14-2)45(62)54-39(27(5)6)49(66)68-12/h19-22,25-31,38-43,57-58H,13-18,23-24H2,1-12H3,(H,51,59)(H,52,60)(H,53,61)(H,54,62)(H,55,63)(H,56,64)/t28-,29-,30+,31+,38-,39-,40-,41-,42-,43-/m0/s1. The molecular formula is C49H77N7O14. The number of nitrogens with one attached hydrogen (secondary N) is 6. The fourth-order valence-corrected chi connectivity index (χ4v) is 7.01. The molecule has 0 aliphatic heterocycles. The van der Waals surface area contributed by atoms with E-state index in [9.17, 15) is 48.6 Å². The van der Waals surface area contributed by atoms with Gasteiger partial charge in [-0.1, -0.05) is 68.2 Å². The fourth-order valence-electron chi connectivity index (χ4n) is 7.01. The topological polar surface area (TPSA) is 299 Å². The molecule has 8 N–H and O–H groups in total. The first-order chi connectivity index (χ1) is 33.0. The van der Waals surface area contributed by atoms with Gasteiger partial charge in [0.2, 0.25) is 41.3 Å². The summed E-state index contributed by atoms with van der Waals surface area (Å²) in [7, 11) is 2.43. The number of aromatic nitrogens is 1. The van der Waals surface area contributed by atoms with Crippen LogP contribution in [0, 0.1) is 23.7 Å². The predicted molar refractivity (Wildman–Crippen MR) is 259 cm³/mol. The second-order valence-electron chi connectivity index (χ2n) is 18.2. The zero-order valence-electron chi connectivity index (χ0n) is 42.7. The van der Waals surface area contributed by atoms with Crippen LogP contribution >= 0.6 is 0 Å². The van der Waals surface area contributed by atoms with Crippen LogP contribution < -0.4 is 41.4 Å². The summed E-state index contributed by atoms with van der Waals surface area (Å²) in [6, 6.07) is 1.94. The van der Waals surface area contributed by atoms with Crippen LogP contribution in [0.25, 0.3) is 10.9 Å². The molecule has 0 bridgehead atoms. The number of rotatable bonds is 30. The summed E-state index contributed by atoms with van der Waals surface area (Å²) in [6.45, 7) is 17.0. The van der Waals surface area contributed by atoms with Crippen molar-refractivity contribution in [2.45, 2.75) is 156 Å². The lowest BCUT2D eigenvalue weighted by molar-refractivity contribution is -0.147. The lowest BCUT2D eigenvalue weighted by Crippen LogP contribution is -2.60. The maximum atomic E-state index is 13.4. The number of aliphatic hydroxyl groups excluding tert-OH is 2. The molecule has 6 amide bonds. The highest BCUT2D eigenvalue weighted by Gasteiger charge is 2.36. The summed E-state index contributed by atoms with van der Waals surface area (Å²) in [5.74, 6) is -5.61. The highest BCUT2D eigenvalue weighted by Crippen LogP contribution is 2.23. The monoisotopic (exact) mass is 988 g/mol. The summed E-state index contributed by atoms with van der Waals surface area (Å²) in [5, 5.41) is 37.3. The van der Waals surface area contributed by atoms with Gasteiger partial charge in [-0.15, -0.1) is 0 Å². The van der Waals surface area contributed by atoms with E-state index in [-0.39, 0.29) is 68.4 Å². The summed E-state index contributed by atoms with van der Waals surface area (Å²) in [4.78, 5) is 108. The third-order valence-electron chi connectivity index (χ3n) is 11.8. The van der Waals surface area contributed by atoms with Crippen LogP contribution in [0.2, 0.25) is 0 Å². The normalized spacial score (nSPS) is 15.6. The van der Waals surface area contributed by atoms with Gasteiger partial charge in [0.25, 0.3) is 0 Å². The van der Waals surface area contributed by atoms with Crippen molar-refractivity contribution in [2.24, 2.45) is 23.7 Å². The largest absolute Gasteiger partial charge is 0.494 e. The van der Waals surface area contributed by atoms with Gasteiger partial charge in [-0.05, 0) is 68.6 Å². The number of pyridine rings is 1. The van der Waals surface area contributed by atoms with Crippen molar-refractivity contribution in [3.05, 3.63) is 30.3 Å². The summed E-state index contributed by atoms with van der Waals surface area (Å²) >= 11 is 0. The van der Waals surface area contributed by atoms with E-state index >= 15 is 0 Å². The molecule has 21 heteroatoms. The molecule has 1 heterocycles. The molecule has 1 aromatic heterocycles. The molecule has 2 aromatic rings. The van der Waals surface area contributed by atoms with Crippen molar-refractivity contribution >= 4 is 58.3 Å². The first-order valence-electron chi connectivity index (χ1n) is 24.0. The van der Waals surface area contributed by atoms with Crippen LogP contribution in [0.15, 0.2) is 30.3 Å². The molecule has 0 saturated carbocycles. The minimum Gasteiger partial charge on any atom is -0.494 e. The molecule has 0 aliphatic rings. The van der Waals surface area contributed by atoms with Crippen LogP contribution in [-0.4, -0.2) is 138 Å². The first kappa shape index (κ1) is 60.0. The van der Waals surface area contributed by atoms with Gasteiger partial charge in [0, 0.05) is 30.4 Å². The molecule has 0 saturated heterocycles. The van der Waals surface area contributed by atoms with Crippen LogP contribution in [-0.2, 0) is 47.8 Å². The van der Waals surface area contributed by atoms with E-state index < -0.39 is 95.8 Å². The van der Waals surface area contributed by atoms with Gasteiger partial charge in [-0.3, -0.25) is 28.8 Å². The third kappa shape index (κ3) is 19.0. The second kappa shape index (κ2) is 29.8. The Labute approximate surface area is 411 Å². The quantitative estimate of drug-likeness (QED) is 0.0410. The lowest BCUT2D eigenvalue weighted by atomic mass is 9.96. The minimum absolute atomic E-state index is 0.0498. The Morgan fingerprint density at radius 2 is 0.914 bits per heavy atom. The van der Waals surface area contributed by atoms with Crippen molar-refractivity contribution in [2.75, 3.05) is 27.4 Å². The molecule has 21 nitrogen and oxygen atoms in total. The SMILES string of the molecule is CC[C@H](C)[C@H](NC(=O)[C@@H](NC(=O)CCCOc1ccc2ccc(OCCCC(=O)N[C@H](C(=O)N[C@H](C(=O)N[C@H](C(=O)OC)C(C)C)[C@@H](C)CC)[C@@H](C)O)nc2c1)[C@@H](C)O)C(=O)N[C@H](C(=O)OC)C(C)C. The number of nitrogens with zero attached hydrogens (tertiary/aromatic N) is 1. The number of fused-ring (bicyclic) bond motifs is 1. The van der Waals surface area contributed by atoms with Crippen molar-refractivity contribution in [1.29, 1.82) is 0 Å². The summed E-state index contributed by atoms with van der Waals surface area (Å²) < 4.78 is 21.3. The Kier molecular flexibility index (Phi) is 25.6. The number of hydrogen-bond donors (Lipinski definition) is 8. The highest BCUT2D eigenvalue weighted by molar-refractivity contribution is 5.95. The summed E-state index contributed by atoms with van der Waals surface area (Å²) in [6.07, 6.45) is -1.23. The molecule has 0 radical (unpaired) electrons. The number of methoxy groups -OCH3 is 2. The van der Waals surface area contributed by atoms with E-state index in [2.05, 4.69) is 36.9 Å². The average Bonchev–Trinajstić information content (AvgIpc) is 3.32. The number of esters is 2. The van der Waals surface area contributed by atoms with Crippen molar-refractivity contribution in [1.82, 2.24) is 36.9 Å². The number of carbonyl (C=O) groups is 8. The molecule has 0 aliphatic carbocycles. The van der Waals surface area contributed by atoms with Gasteiger partial charge in [0.15, 0.2) is 0 Å². The Balaban J connectivity index is 1.94. The van der Waals surface area contributed by atoms with Gasteiger partial charge in [0.05, 0.1) is 45.2 Å². The number of ether oxygens (including phenoxy) is 4. The van der Waals surface area contributed by atoms with Crippen LogP contribution in [0.3, 0.4) is 0 Å². The van der Waals surface area contributed by atoms with E-state index in [4.69, 9.17) is 18.9 Å². The molecular weight excluding hydrogens is 911 g/mol. The van der Waals surface area contributed by atoms with E-state index in [1.54, 1.807) is 71.9 Å². The molecule has 0 spiro atoms. The molecule has 1 aromatic carbocycles. The fraction of sp³-hybridized carbons (Fsp3) is 0.653. The van der Waals surface area contributed by atoms with Gasteiger partial charge in [-0.2, -0.15) is 0 Å². The van der Waals surface area contributed by atoms with E-state index in [0.717, 1.165) is 5.39 Å². The zero-order chi connectivity index (χ0) is 52.8. The first-order valence-corrected chi connectivity index (χ1v) is 24.0. The number of carbonyl (C=O) groups excluding carboxylic acids is 8. The molecule has 10 atom stereocenters. The lowest BCUT2D eigenvalue weighted by Gasteiger charge is -2.29. The average molecular weight is 988 g/mol. The van der Waals surface area contributed by atoms with Gasteiger partial charge in [-0.25, -0.2) is 14.6 Å². The van der Waals surface area contributed by atoms with Crippen molar-refractivity contribution in [3.8, 4) is 11.6 Å². The summed E-state index contributed by atoms with van der Waals surface area (Å²) in [5.41, 5.74) is 0.547. The molecule has 392 valence electrons. The van der Waals surface area contributed by atoms with Gasteiger partial charge < -0.3 is 61.1 Å². The van der Waals surface area contributed by atoms with Crippen molar-refractivity contribution < 1.29 is 67.5 Å². The van der Waals surface area contributed by atoms with Crippen LogP contribution in [0.4, 0.5) is 0 Å². The highest BCUT2D eigenvalue weighted by atomic mass is 16.5. The second-order valence-corrected chi connectivity index (χ2v) is 18.2. The minimum atomic E-state index is -1.37. The number of hydrogen-bond acceptors (Lipinski definition) is 15. The van der Waals surface area contributed by atoms with E-state index in [1.807, 2.05) is 13.8 Å². The molecule has 0 unspecified atom stereocenters. The zero-order valence-corrected chi connectivity index (χ0v) is 42.7. The number of benzene rings is 1. The number of aliphatic hydroxyl groups is 2. The van der Waals surface area contributed by atoms with Crippen LogP contribution in [0.1, 0.15) is 108 Å². The van der Waals surface area contributed by atoms with E-state index in [0.29, 0.717) is 24.1 Å². The molecule has 70 heavy (non-hydrogen) atoms. The van der Waals surface area contributed by atoms with E-state index in [1.165, 1.54) is 28.1 Å². The third-order valence-corrected chi connectivity index (χ3v) is 11.8. The Morgan fingerprint density at radius 1 is 0.529 bits per heavy atom. The predicted octanol–water partition coefficient (Wildman–Crippen LogP) is 1.97. The van der Waals surface area contributed by atoms with Crippen LogP contribution in [0.5, 0.6) is 11.6 Å².